The lowest BCUT2D eigenvalue weighted by atomic mass is 9.98. The zero-order chi connectivity index (χ0) is 13.2. The van der Waals surface area contributed by atoms with Crippen LogP contribution in [0.3, 0.4) is 0 Å². The number of fused-ring (bicyclic) bond motifs is 1. The van der Waals surface area contributed by atoms with E-state index in [1.165, 1.54) is 45.2 Å². The first-order chi connectivity index (χ1) is 9.31. The molecule has 3 rings (SSSR count). The molecule has 0 aliphatic carbocycles. The topological polar surface area (TPSA) is 35.6 Å². The van der Waals surface area contributed by atoms with Crippen LogP contribution < -0.4 is 5.32 Å². The Morgan fingerprint density at radius 3 is 2.95 bits per heavy atom. The number of rotatable bonds is 4. The van der Waals surface area contributed by atoms with Gasteiger partial charge in [0.25, 0.3) is 0 Å². The van der Waals surface area contributed by atoms with Gasteiger partial charge >= 0.3 is 0 Å². The van der Waals surface area contributed by atoms with Gasteiger partial charge in [-0.15, -0.1) is 0 Å². The molecule has 0 bridgehead atoms. The van der Waals surface area contributed by atoms with Crippen molar-refractivity contribution in [3.05, 3.63) is 0 Å². The third-order valence-electron chi connectivity index (χ3n) is 5.16. The van der Waals surface area contributed by atoms with E-state index in [9.17, 15) is 4.79 Å². The number of carbonyl (C=O) groups is 1. The number of amides is 1. The third kappa shape index (κ3) is 2.52. The van der Waals surface area contributed by atoms with Crippen molar-refractivity contribution in [1.29, 1.82) is 0 Å². The van der Waals surface area contributed by atoms with Crippen LogP contribution in [0.1, 0.15) is 51.9 Å². The monoisotopic (exact) mass is 265 g/mol. The molecule has 1 N–H and O–H groups in total. The summed E-state index contributed by atoms with van der Waals surface area (Å²) in [5, 5.41) is 3.42. The summed E-state index contributed by atoms with van der Waals surface area (Å²) >= 11 is 0. The number of carbonyl (C=O) groups excluding carboxylic acids is 1. The molecule has 4 nitrogen and oxygen atoms in total. The summed E-state index contributed by atoms with van der Waals surface area (Å²) in [5.74, 6) is 0.367. The lowest BCUT2D eigenvalue weighted by molar-refractivity contribution is -0.131. The van der Waals surface area contributed by atoms with Crippen molar-refractivity contribution in [2.75, 3.05) is 19.8 Å². The minimum absolute atomic E-state index is 0.0950. The van der Waals surface area contributed by atoms with Crippen LogP contribution in [0.5, 0.6) is 0 Å². The van der Waals surface area contributed by atoms with E-state index in [0.29, 0.717) is 18.0 Å². The largest absolute Gasteiger partial charge is 0.324 e. The van der Waals surface area contributed by atoms with E-state index in [0.717, 1.165) is 19.5 Å². The minimum Gasteiger partial charge on any atom is -0.324 e. The van der Waals surface area contributed by atoms with Crippen LogP contribution in [0, 0.1) is 0 Å². The van der Waals surface area contributed by atoms with Crippen LogP contribution in [0.25, 0.3) is 0 Å². The standard InChI is InChI=1S/C15H27N3O/c1-2-3-6-12-15(19)18(11-16-12)14-8-10-17-9-5-4-7-13(14)17/h12-14,16H,2-11H2,1H3. The Bertz CT molecular complexity index is 333. The van der Waals surface area contributed by atoms with Crippen molar-refractivity contribution in [1.82, 2.24) is 15.1 Å². The van der Waals surface area contributed by atoms with Crippen LogP contribution in [0.15, 0.2) is 0 Å². The van der Waals surface area contributed by atoms with Crippen LogP contribution in [-0.2, 0) is 4.79 Å². The molecule has 3 saturated heterocycles. The maximum Gasteiger partial charge on any atom is 0.241 e. The van der Waals surface area contributed by atoms with Crippen molar-refractivity contribution < 1.29 is 4.79 Å². The molecule has 3 fully saturated rings. The normalized spacial score (nSPS) is 35.9. The Kier molecular flexibility index (Phi) is 4.08. The molecule has 3 aliphatic rings. The van der Waals surface area contributed by atoms with Gasteiger partial charge in [0.15, 0.2) is 0 Å². The number of nitrogens with one attached hydrogen (secondary N) is 1. The van der Waals surface area contributed by atoms with Gasteiger partial charge in [-0.05, 0) is 32.2 Å². The van der Waals surface area contributed by atoms with E-state index < -0.39 is 0 Å². The van der Waals surface area contributed by atoms with Gasteiger partial charge in [-0.2, -0.15) is 0 Å². The highest BCUT2D eigenvalue weighted by atomic mass is 16.2. The van der Waals surface area contributed by atoms with Gasteiger partial charge in [0.1, 0.15) is 0 Å². The first-order valence-corrected chi connectivity index (χ1v) is 8.09. The smallest absolute Gasteiger partial charge is 0.241 e. The van der Waals surface area contributed by atoms with Gasteiger partial charge in [-0.3, -0.25) is 15.0 Å². The van der Waals surface area contributed by atoms with Crippen molar-refractivity contribution >= 4 is 5.91 Å². The summed E-state index contributed by atoms with van der Waals surface area (Å²) in [6, 6.07) is 1.22. The molecule has 19 heavy (non-hydrogen) atoms. The van der Waals surface area contributed by atoms with Crippen molar-refractivity contribution in [3.8, 4) is 0 Å². The van der Waals surface area contributed by atoms with Crippen molar-refractivity contribution in [2.24, 2.45) is 0 Å². The predicted molar refractivity (Wildman–Crippen MR) is 75.8 cm³/mol. The maximum absolute atomic E-state index is 12.5. The highest BCUT2D eigenvalue weighted by Crippen LogP contribution is 2.31. The summed E-state index contributed by atoms with van der Waals surface area (Å²) in [6.45, 7) is 5.41. The second kappa shape index (κ2) is 5.80. The number of piperidine rings is 1. The van der Waals surface area contributed by atoms with Gasteiger partial charge in [-0.1, -0.05) is 26.2 Å². The third-order valence-corrected chi connectivity index (χ3v) is 5.16. The quantitative estimate of drug-likeness (QED) is 0.838. The summed E-state index contributed by atoms with van der Waals surface area (Å²) in [5.41, 5.74) is 0. The van der Waals surface area contributed by atoms with Crippen LogP contribution in [-0.4, -0.2) is 53.6 Å². The molecule has 0 aromatic rings. The SMILES string of the molecule is CCCCC1NCN(C2CCN3CCCCC23)C1=O. The number of nitrogens with zero attached hydrogens (tertiary/aromatic N) is 2. The zero-order valence-corrected chi connectivity index (χ0v) is 12.1. The molecule has 3 heterocycles. The molecule has 0 spiro atoms. The average molecular weight is 265 g/mol. The van der Waals surface area contributed by atoms with E-state index >= 15 is 0 Å². The van der Waals surface area contributed by atoms with E-state index in [4.69, 9.17) is 0 Å². The molecule has 108 valence electrons. The van der Waals surface area contributed by atoms with E-state index in [2.05, 4.69) is 22.0 Å². The Morgan fingerprint density at radius 2 is 2.11 bits per heavy atom. The summed E-state index contributed by atoms with van der Waals surface area (Å²) in [4.78, 5) is 17.3. The van der Waals surface area contributed by atoms with E-state index in [1.807, 2.05) is 0 Å². The molecular weight excluding hydrogens is 238 g/mol. The second-order valence-electron chi connectivity index (χ2n) is 6.32. The van der Waals surface area contributed by atoms with Gasteiger partial charge in [-0.25, -0.2) is 0 Å². The highest BCUT2D eigenvalue weighted by molar-refractivity contribution is 5.84. The molecule has 0 saturated carbocycles. The van der Waals surface area contributed by atoms with Crippen LogP contribution >= 0.6 is 0 Å². The first kappa shape index (κ1) is 13.4. The molecular formula is C15H27N3O. The Balaban J connectivity index is 1.62. The Morgan fingerprint density at radius 1 is 1.21 bits per heavy atom. The lowest BCUT2D eigenvalue weighted by Gasteiger charge is -2.35. The van der Waals surface area contributed by atoms with Gasteiger partial charge < -0.3 is 4.90 Å². The second-order valence-corrected chi connectivity index (χ2v) is 6.32. The summed E-state index contributed by atoms with van der Waals surface area (Å²) in [7, 11) is 0. The fourth-order valence-electron chi connectivity index (χ4n) is 4.07. The highest BCUT2D eigenvalue weighted by Gasteiger charge is 2.43. The Labute approximate surface area is 116 Å². The molecule has 0 aromatic heterocycles. The molecule has 0 radical (unpaired) electrons. The number of hydrogen-bond acceptors (Lipinski definition) is 3. The summed E-state index contributed by atoms with van der Waals surface area (Å²) in [6.07, 6.45) is 8.48. The molecule has 3 atom stereocenters. The fourth-order valence-corrected chi connectivity index (χ4v) is 4.07. The maximum atomic E-state index is 12.5. The molecule has 3 unspecified atom stereocenters. The predicted octanol–water partition coefficient (Wildman–Crippen LogP) is 1.56. The number of unbranched alkanes of at least 4 members (excludes halogenated alkanes) is 1. The van der Waals surface area contributed by atoms with Gasteiger partial charge in [0.2, 0.25) is 5.91 Å². The molecule has 0 aromatic carbocycles. The van der Waals surface area contributed by atoms with E-state index in [-0.39, 0.29) is 6.04 Å². The fraction of sp³-hybridized carbons (Fsp3) is 0.933. The Hall–Kier alpha value is -0.610. The van der Waals surface area contributed by atoms with Crippen molar-refractivity contribution in [3.63, 3.8) is 0 Å². The minimum atomic E-state index is 0.0950. The van der Waals surface area contributed by atoms with Gasteiger partial charge in [0.05, 0.1) is 12.7 Å². The van der Waals surface area contributed by atoms with Crippen molar-refractivity contribution in [2.45, 2.75) is 70.0 Å². The zero-order valence-electron chi connectivity index (χ0n) is 12.1. The van der Waals surface area contributed by atoms with Crippen LogP contribution in [0.4, 0.5) is 0 Å². The molecule has 3 aliphatic heterocycles. The van der Waals surface area contributed by atoms with Crippen LogP contribution in [0.2, 0.25) is 0 Å². The first-order valence-electron chi connectivity index (χ1n) is 8.09. The average Bonchev–Trinajstić information content (AvgIpc) is 3.00. The van der Waals surface area contributed by atoms with Gasteiger partial charge in [0, 0.05) is 18.6 Å². The molecule has 1 amide bonds. The lowest BCUT2D eigenvalue weighted by Crippen LogP contribution is -2.48. The number of hydrogen-bond donors (Lipinski definition) is 1. The van der Waals surface area contributed by atoms with E-state index in [1.54, 1.807) is 0 Å². The summed E-state index contributed by atoms with van der Waals surface area (Å²) < 4.78 is 0. The molecule has 4 heteroatoms.